The van der Waals surface area contributed by atoms with Gasteiger partial charge in [0.15, 0.2) is 5.58 Å². The molecule has 9 nitrogen and oxygen atoms in total. The Bertz CT molecular complexity index is 1290. The zero-order valence-electron chi connectivity index (χ0n) is 17.4. The average molecular weight is 418 g/mol. The molecule has 0 saturated heterocycles. The molecule has 0 atom stereocenters. The highest BCUT2D eigenvalue weighted by Gasteiger charge is 2.12. The summed E-state index contributed by atoms with van der Waals surface area (Å²) < 4.78 is 6.47. The van der Waals surface area contributed by atoms with Crippen LogP contribution in [0.2, 0.25) is 0 Å². The predicted octanol–water partition coefficient (Wildman–Crippen LogP) is 3.14. The Kier molecular flexibility index (Phi) is 5.40. The number of fused-ring (bicyclic) bond motifs is 1. The van der Waals surface area contributed by atoms with Crippen molar-refractivity contribution in [3.05, 3.63) is 71.0 Å². The molecule has 4 aromatic rings. The monoisotopic (exact) mass is 418 g/mol. The summed E-state index contributed by atoms with van der Waals surface area (Å²) in [6, 6.07) is 16.1. The number of benzene rings is 2. The lowest BCUT2D eigenvalue weighted by atomic mass is 10.2. The Labute approximate surface area is 178 Å². The van der Waals surface area contributed by atoms with Crippen LogP contribution in [0.5, 0.6) is 0 Å². The zero-order chi connectivity index (χ0) is 22.0. The van der Waals surface area contributed by atoms with E-state index in [1.54, 1.807) is 36.4 Å². The van der Waals surface area contributed by atoms with Gasteiger partial charge in [-0.25, -0.2) is 14.8 Å². The summed E-state index contributed by atoms with van der Waals surface area (Å²) >= 11 is 0. The maximum atomic E-state index is 12.4. The van der Waals surface area contributed by atoms with E-state index in [0.717, 1.165) is 11.5 Å². The van der Waals surface area contributed by atoms with Gasteiger partial charge in [0.1, 0.15) is 24.0 Å². The maximum Gasteiger partial charge on any atom is 0.420 e. The van der Waals surface area contributed by atoms with Crippen molar-refractivity contribution >= 4 is 40.0 Å². The Hall–Kier alpha value is -4.14. The van der Waals surface area contributed by atoms with E-state index in [0.29, 0.717) is 28.4 Å². The number of oxazole rings is 1. The summed E-state index contributed by atoms with van der Waals surface area (Å²) in [7, 11) is 3.84. The van der Waals surface area contributed by atoms with Gasteiger partial charge in [0.05, 0.1) is 5.52 Å². The van der Waals surface area contributed by atoms with Crippen LogP contribution in [0.3, 0.4) is 0 Å². The second-order valence-electron chi connectivity index (χ2n) is 7.23. The summed E-state index contributed by atoms with van der Waals surface area (Å²) in [5, 5.41) is 6.03. The number of amides is 1. The fourth-order valence-corrected chi connectivity index (χ4v) is 3.14. The molecule has 2 N–H and O–H groups in total. The third kappa shape index (κ3) is 4.55. The summed E-state index contributed by atoms with van der Waals surface area (Å²) in [6.07, 6.45) is 0. The molecule has 0 bridgehead atoms. The van der Waals surface area contributed by atoms with Gasteiger partial charge in [-0.1, -0.05) is 12.1 Å². The third-order valence-corrected chi connectivity index (χ3v) is 4.60. The van der Waals surface area contributed by atoms with Gasteiger partial charge in [-0.15, -0.1) is 0 Å². The van der Waals surface area contributed by atoms with Gasteiger partial charge in [0, 0.05) is 31.5 Å². The van der Waals surface area contributed by atoms with E-state index in [1.165, 1.54) is 4.57 Å². The van der Waals surface area contributed by atoms with Gasteiger partial charge in [-0.05, 0) is 43.3 Å². The van der Waals surface area contributed by atoms with E-state index < -0.39 is 5.76 Å². The fourth-order valence-electron chi connectivity index (χ4n) is 3.14. The summed E-state index contributed by atoms with van der Waals surface area (Å²) in [4.78, 5) is 35.2. The van der Waals surface area contributed by atoms with Crippen LogP contribution >= 0.6 is 0 Å². The summed E-state index contributed by atoms with van der Waals surface area (Å²) in [5.74, 6) is 1.27. The number of hydrogen-bond donors (Lipinski definition) is 2. The quantitative estimate of drug-likeness (QED) is 0.496. The SMILES string of the molecule is Cc1nc(Nc2ccc(NC(=O)Cn3c(=O)oc4ccccc43)cc2)cc(N(C)C)n1. The first-order valence-electron chi connectivity index (χ1n) is 9.67. The molecule has 0 aliphatic carbocycles. The average Bonchev–Trinajstić information content (AvgIpc) is 3.04. The van der Waals surface area contributed by atoms with E-state index in [1.807, 2.05) is 44.1 Å². The van der Waals surface area contributed by atoms with Crippen molar-refractivity contribution in [1.29, 1.82) is 0 Å². The topological polar surface area (TPSA) is 105 Å². The van der Waals surface area contributed by atoms with E-state index in [4.69, 9.17) is 4.42 Å². The van der Waals surface area contributed by atoms with Crippen LogP contribution in [-0.2, 0) is 11.3 Å². The number of nitrogens with zero attached hydrogens (tertiary/aromatic N) is 4. The van der Waals surface area contributed by atoms with Crippen molar-refractivity contribution in [2.45, 2.75) is 13.5 Å². The van der Waals surface area contributed by atoms with Crippen molar-refractivity contribution in [3.8, 4) is 0 Å². The first-order chi connectivity index (χ1) is 14.9. The molecule has 1 amide bonds. The number of para-hydroxylation sites is 2. The third-order valence-electron chi connectivity index (χ3n) is 4.60. The Morgan fingerprint density at radius 3 is 2.52 bits per heavy atom. The maximum absolute atomic E-state index is 12.4. The second kappa shape index (κ2) is 8.31. The molecule has 0 fully saturated rings. The van der Waals surface area contributed by atoms with Gasteiger partial charge in [0.25, 0.3) is 0 Å². The van der Waals surface area contributed by atoms with Gasteiger partial charge < -0.3 is 20.0 Å². The van der Waals surface area contributed by atoms with Crippen molar-refractivity contribution in [1.82, 2.24) is 14.5 Å². The summed E-state index contributed by atoms with van der Waals surface area (Å²) in [5.41, 5.74) is 2.47. The van der Waals surface area contributed by atoms with E-state index in [-0.39, 0.29) is 12.5 Å². The van der Waals surface area contributed by atoms with Crippen LogP contribution in [0.25, 0.3) is 11.1 Å². The molecule has 0 saturated carbocycles. The molecule has 4 rings (SSSR count). The first-order valence-corrected chi connectivity index (χ1v) is 9.67. The lowest BCUT2D eigenvalue weighted by Crippen LogP contribution is -2.24. The highest BCUT2D eigenvalue weighted by Crippen LogP contribution is 2.20. The van der Waals surface area contributed by atoms with Crippen LogP contribution in [0.4, 0.5) is 23.0 Å². The molecule has 0 aliphatic rings. The number of aromatic nitrogens is 3. The van der Waals surface area contributed by atoms with Crippen LogP contribution in [0, 0.1) is 6.92 Å². The minimum atomic E-state index is -0.562. The standard InChI is InChI=1S/C22H22N6O3/c1-14-23-19(12-20(24-14)27(2)3)25-15-8-10-16(11-9-15)26-21(29)13-28-17-6-4-5-7-18(17)31-22(28)30/h4-12H,13H2,1-3H3,(H,26,29)(H,23,24,25). The minimum absolute atomic E-state index is 0.136. The number of rotatable bonds is 6. The van der Waals surface area contributed by atoms with Crippen molar-refractivity contribution in [3.63, 3.8) is 0 Å². The number of aryl methyl sites for hydroxylation is 1. The van der Waals surface area contributed by atoms with Gasteiger partial charge in [-0.2, -0.15) is 0 Å². The zero-order valence-corrected chi connectivity index (χ0v) is 17.4. The molecule has 0 aliphatic heterocycles. The predicted molar refractivity (Wildman–Crippen MR) is 120 cm³/mol. The highest BCUT2D eigenvalue weighted by atomic mass is 16.4. The Morgan fingerprint density at radius 2 is 1.77 bits per heavy atom. The smallest absolute Gasteiger partial charge is 0.408 e. The number of anilines is 4. The number of carbonyl (C=O) groups excluding carboxylic acids is 1. The normalized spacial score (nSPS) is 10.8. The molecule has 0 radical (unpaired) electrons. The van der Waals surface area contributed by atoms with E-state index in [9.17, 15) is 9.59 Å². The Morgan fingerprint density at radius 1 is 1.06 bits per heavy atom. The fraction of sp³-hybridized carbons (Fsp3) is 0.182. The van der Waals surface area contributed by atoms with Crippen LogP contribution in [0.1, 0.15) is 5.82 Å². The molecule has 0 unspecified atom stereocenters. The van der Waals surface area contributed by atoms with Crippen LogP contribution < -0.4 is 21.3 Å². The lowest BCUT2D eigenvalue weighted by Gasteiger charge is -2.14. The molecular formula is C22H22N6O3. The second-order valence-corrected chi connectivity index (χ2v) is 7.23. The first kappa shape index (κ1) is 20.1. The molecule has 9 heteroatoms. The summed E-state index contributed by atoms with van der Waals surface area (Å²) in [6.45, 7) is 1.70. The van der Waals surface area contributed by atoms with E-state index >= 15 is 0 Å². The van der Waals surface area contributed by atoms with Crippen molar-refractivity contribution < 1.29 is 9.21 Å². The molecular weight excluding hydrogens is 396 g/mol. The molecule has 31 heavy (non-hydrogen) atoms. The number of hydrogen-bond acceptors (Lipinski definition) is 7. The van der Waals surface area contributed by atoms with Crippen molar-refractivity contribution in [2.75, 3.05) is 29.6 Å². The Balaban J connectivity index is 1.43. The molecule has 2 heterocycles. The lowest BCUT2D eigenvalue weighted by molar-refractivity contribution is -0.116. The van der Waals surface area contributed by atoms with Crippen molar-refractivity contribution in [2.24, 2.45) is 0 Å². The highest BCUT2D eigenvalue weighted by molar-refractivity contribution is 5.91. The van der Waals surface area contributed by atoms with Crippen LogP contribution in [-0.4, -0.2) is 34.5 Å². The molecule has 2 aromatic heterocycles. The molecule has 0 spiro atoms. The van der Waals surface area contributed by atoms with Gasteiger partial charge in [-0.3, -0.25) is 9.36 Å². The number of carbonyl (C=O) groups is 1. The van der Waals surface area contributed by atoms with Gasteiger partial charge in [0.2, 0.25) is 5.91 Å². The molecule has 158 valence electrons. The number of nitrogens with one attached hydrogen (secondary N) is 2. The minimum Gasteiger partial charge on any atom is -0.408 e. The largest absolute Gasteiger partial charge is 0.420 e. The van der Waals surface area contributed by atoms with E-state index in [2.05, 4.69) is 20.6 Å². The van der Waals surface area contributed by atoms with Crippen LogP contribution in [0.15, 0.2) is 63.8 Å². The van der Waals surface area contributed by atoms with Gasteiger partial charge >= 0.3 is 5.76 Å². The molecule has 2 aromatic carbocycles.